The summed E-state index contributed by atoms with van der Waals surface area (Å²) in [6, 6.07) is 3.92. The minimum absolute atomic E-state index is 0.534. The highest BCUT2D eigenvalue weighted by molar-refractivity contribution is 5.54. The van der Waals surface area contributed by atoms with Crippen molar-refractivity contribution in [3.63, 3.8) is 0 Å². The third-order valence-electron chi connectivity index (χ3n) is 4.97. The van der Waals surface area contributed by atoms with Crippen LogP contribution in [0.1, 0.15) is 52.9 Å². The third-order valence-corrected chi connectivity index (χ3v) is 4.97. The Balaban J connectivity index is 2.06. The highest BCUT2D eigenvalue weighted by atomic mass is 16.5. The Bertz CT molecular complexity index is 447. The second-order valence-electron chi connectivity index (χ2n) is 6.11. The van der Waals surface area contributed by atoms with Crippen LogP contribution in [0, 0.1) is 5.41 Å². The first-order chi connectivity index (χ1) is 10.1. The molecule has 1 aliphatic rings. The lowest BCUT2D eigenvalue weighted by molar-refractivity contribution is 0.199. The fourth-order valence-electron chi connectivity index (χ4n) is 3.10. The van der Waals surface area contributed by atoms with Crippen LogP contribution in [-0.4, -0.2) is 24.7 Å². The van der Waals surface area contributed by atoms with Crippen molar-refractivity contribution in [2.75, 3.05) is 30.3 Å². The van der Waals surface area contributed by atoms with E-state index in [0.29, 0.717) is 23.6 Å². The van der Waals surface area contributed by atoms with Crippen molar-refractivity contribution in [2.24, 2.45) is 5.41 Å². The number of hydrogen-bond donors (Lipinski definition) is 1. The Hall–Kier alpha value is -1.45. The Kier molecular flexibility index (Phi) is 5.32. The van der Waals surface area contributed by atoms with Crippen LogP contribution < -0.4 is 15.4 Å². The van der Waals surface area contributed by atoms with Crippen molar-refractivity contribution in [1.82, 2.24) is 4.98 Å². The number of nitrogens with zero attached hydrogens (tertiary/aromatic N) is 2. The first-order valence-electron chi connectivity index (χ1n) is 8.28. The van der Waals surface area contributed by atoms with E-state index < -0.39 is 0 Å². The Morgan fingerprint density at radius 3 is 2.43 bits per heavy atom. The van der Waals surface area contributed by atoms with Gasteiger partial charge in [-0.3, -0.25) is 0 Å². The number of aromatic nitrogens is 1. The van der Waals surface area contributed by atoms with E-state index in [1.165, 1.54) is 25.7 Å². The molecule has 0 saturated carbocycles. The van der Waals surface area contributed by atoms with Gasteiger partial charge in [0.1, 0.15) is 5.82 Å². The fraction of sp³-hybridized carbons (Fsp3) is 0.706. The molecular weight excluding hydrogens is 262 g/mol. The molecule has 0 aromatic carbocycles. The van der Waals surface area contributed by atoms with Crippen LogP contribution in [0.3, 0.4) is 0 Å². The van der Waals surface area contributed by atoms with Crippen molar-refractivity contribution in [1.29, 1.82) is 0 Å². The van der Waals surface area contributed by atoms with E-state index in [-0.39, 0.29) is 0 Å². The van der Waals surface area contributed by atoms with E-state index >= 15 is 0 Å². The van der Waals surface area contributed by atoms with Gasteiger partial charge in [-0.25, -0.2) is 0 Å². The second-order valence-corrected chi connectivity index (χ2v) is 6.11. The second kappa shape index (κ2) is 7.01. The molecule has 0 bridgehead atoms. The molecule has 2 rings (SSSR count). The Labute approximate surface area is 128 Å². The van der Waals surface area contributed by atoms with E-state index in [9.17, 15) is 0 Å². The van der Waals surface area contributed by atoms with Crippen LogP contribution >= 0.6 is 0 Å². The minimum atomic E-state index is 0.534. The summed E-state index contributed by atoms with van der Waals surface area (Å²) >= 11 is 0. The van der Waals surface area contributed by atoms with Crippen molar-refractivity contribution in [2.45, 2.75) is 52.9 Å². The van der Waals surface area contributed by atoms with Crippen molar-refractivity contribution in [3.05, 3.63) is 12.1 Å². The lowest BCUT2D eigenvalue weighted by Gasteiger charge is -2.41. The number of ether oxygens (including phenoxy) is 1. The molecule has 0 atom stereocenters. The number of hydrogen-bond acceptors (Lipinski definition) is 4. The summed E-state index contributed by atoms with van der Waals surface area (Å²) in [5.41, 5.74) is 7.10. The van der Waals surface area contributed by atoms with Crippen molar-refractivity contribution in [3.8, 4) is 5.88 Å². The zero-order valence-corrected chi connectivity index (χ0v) is 13.7. The van der Waals surface area contributed by atoms with E-state index in [0.717, 1.165) is 25.3 Å². The summed E-state index contributed by atoms with van der Waals surface area (Å²) in [6.07, 6.45) is 6.01. The van der Waals surface area contributed by atoms with Gasteiger partial charge in [0.15, 0.2) is 0 Å². The third kappa shape index (κ3) is 3.60. The zero-order valence-electron chi connectivity index (χ0n) is 13.7. The number of nitrogen functional groups attached to an aromatic ring is 1. The maximum atomic E-state index is 5.94. The normalized spacial score (nSPS) is 17.8. The molecule has 0 aliphatic carbocycles. The molecule has 21 heavy (non-hydrogen) atoms. The summed E-state index contributed by atoms with van der Waals surface area (Å²) in [6.45, 7) is 9.53. The average Bonchev–Trinajstić information content (AvgIpc) is 2.54. The fourth-order valence-corrected chi connectivity index (χ4v) is 3.10. The molecule has 2 N–H and O–H groups in total. The zero-order chi connectivity index (χ0) is 15.3. The van der Waals surface area contributed by atoms with Crippen molar-refractivity contribution >= 4 is 11.5 Å². The molecule has 118 valence electrons. The molecule has 2 heterocycles. The van der Waals surface area contributed by atoms with Crippen LogP contribution in [-0.2, 0) is 0 Å². The SMILES string of the molecule is CCCOc1nc(N2CCC(CC)(CC)CC2)ccc1N. The van der Waals surface area contributed by atoms with Gasteiger partial charge in [-0.05, 0) is 36.8 Å². The van der Waals surface area contributed by atoms with Crippen LogP contribution in [0.5, 0.6) is 5.88 Å². The molecule has 0 spiro atoms. The first-order valence-corrected chi connectivity index (χ1v) is 8.28. The summed E-state index contributed by atoms with van der Waals surface area (Å²) in [5, 5.41) is 0. The predicted molar refractivity (Wildman–Crippen MR) is 88.9 cm³/mol. The van der Waals surface area contributed by atoms with Crippen LogP contribution in [0.15, 0.2) is 12.1 Å². The maximum absolute atomic E-state index is 5.94. The molecule has 0 radical (unpaired) electrons. The van der Waals surface area contributed by atoms with Gasteiger partial charge in [0.05, 0.1) is 12.3 Å². The van der Waals surface area contributed by atoms with E-state index in [2.05, 4.69) is 30.7 Å². The predicted octanol–water partition coefficient (Wildman–Crippen LogP) is 3.86. The van der Waals surface area contributed by atoms with Gasteiger partial charge in [-0.15, -0.1) is 0 Å². The number of piperidine rings is 1. The molecule has 1 aromatic rings. The molecule has 0 amide bonds. The average molecular weight is 291 g/mol. The molecule has 0 unspecified atom stereocenters. The molecule has 1 fully saturated rings. The lowest BCUT2D eigenvalue weighted by Crippen LogP contribution is -2.40. The quantitative estimate of drug-likeness (QED) is 0.864. The summed E-state index contributed by atoms with van der Waals surface area (Å²) in [5.74, 6) is 1.58. The monoisotopic (exact) mass is 291 g/mol. The Morgan fingerprint density at radius 1 is 1.19 bits per heavy atom. The molecular formula is C17H29N3O. The van der Waals surface area contributed by atoms with Crippen LogP contribution in [0.2, 0.25) is 0 Å². The van der Waals surface area contributed by atoms with Gasteiger partial charge in [0, 0.05) is 13.1 Å². The summed E-state index contributed by atoms with van der Waals surface area (Å²) in [7, 11) is 0. The van der Waals surface area contributed by atoms with Gasteiger partial charge < -0.3 is 15.4 Å². The van der Waals surface area contributed by atoms with E-state index in [4.69, 9.17) is 10.5 Å². The highest BCUT2D eigenvalue weighted by Gasteiger charge is 2.31. The van der Waals surface area contributed by atoms with Crippen LogP contribution in [0.4, 0.5) is 11.5 Å². The summed E-state index contributed by atoms with van der Waals surface area (Å²) < 4.78 is 5.64. The summed E-state index contributed by atoms with van der Waals surface area (Å²) in [4.78, 5) is 6.97. The molecule has 1 saturated heterocycles. The number of anilines is 2. The number of pyridine rings is 1. The molecule has 1 aromatic heterocycles. The van der Waals surface area contributed by atoms with E-state index in [1.54, 1.807) is 0 Å². The van der Waals surface area contributed by atoms with E-state index in [1.807, 2.05) is 12.1 Å². The molecule has 4 nitrogen and oxygen atoms in total. The lowest BCUT2D eigenvalue weighted by atomic mass is 9.74. The number of nitrogens with two attached hydrogens (primary N) is 1. The Morgan fingerprint density at radius 2 is 1.86 bits per heavy atom. The van der Waals surface area contributed by atoms with Gasteiger partial charge in [-0.2, -0.15) is 4.98 Å². The largest absolute Gasteiger partial charge is 0.476 e. The van der Waals surface area contributed by atoms with Gasteiger partial charge in [0.2, 0.25) is 5.88 Å². The highest BCUT2D eigenvalue weighted by Crippen LogP contribution is 2.39. The molecule has 4 heteroatoms. The maximum Gasteiger partial charge on any atom is 0.239 e. The number of rotatable bonds is 6. The smallest absolute Gasteiger partial charge is 0.239 e. The van der Waals surface area contributed by atoms with Crippen LogP contribution in [0.25, 0.3) is 0 Å². The van der Waals surface area contributed by atoms with Gasteiger partial charge in [0.25, 0.3) is 0 Å². The van der Waals surface area contributed by atoms with Gasteiger partial charge in [-0.1, -0.05) is 33.6 Å². The van der Waals surface area contributed by atoms with Gasteiger partial charge >= 0.3 is 0 Å². The standard InChI is InChI=1S/C17H29N3O/c1-4-13-21-16-14(18)7-8-15(19-16)20-11-9-17(5-2,6-3)10-12-20/h7-8H,4-6,9-13,18H2,1-3H3. The van der Waals surface area contributed by atoms with Crippen molar-refractivity contribution < 1.29 is 4.74 Å². The topological polar surface area (TPSA) is 51.4 Å². The molecule has 1 aliphatic heterocycles. The minimum Gasteiger partial charge on any atom is -0.476 e. The first kappa shape index (κ1) is 15.9.